The van der Waals surface area contributed by atoms with E-state index in [9.17, 15) is 39.4 Å². The van der Waals surface area contributed by atoms with Gasteiger partial charge in [0.05, 0.1) is 9.85 Å². The van der Waals surface area contributed by atoms with Crippen LogP contribution >= 0.6 is 0 Å². The monoisotopic (exact) mass is 1010 g/mol. The minimum Gasteiger partial charge on any atom is -0.444 e. The lowest BCUT2D eigenvalue weighted by Gasteiger charge is -2.36. The fourth-order valence-electron chi connectivity index (χ4n) is 6.74. The van der Waals surface area contributed by atoms with Crippen molar-refractivity contribution in [3.8, 4) is 0 Å². The van der Waals surface area contributed by atoms with Crippen LogP contribution in [0.1, 0.15) is 84.5 Å². The van der Waals surface area contributed by atoms with Crippen LogP contribution in [0.3, 0.4) is 0 Å². The number of ether oxygens (including phenoxy) is 5. The molecular weight excluding hydrogens is 935 g/mol. The molecule has 22 nitrogen and oxygen atoms in total. The zero-order valence-corrected chi connectivity index (χ0v) is 43.9. The molecule has 400 valence electrons. The van der Waals surface area contributed by atoms with Gasteiger partial charge < -0.3 is 59.2 Å². The maximum atomic E-state index is 12.0. The molecule has 3 aromatic rings. The molecule has 22 heteroatoms. The smallest absolute Gasteiger partial charge is 0.444 e. The van der Waals surface area contributed by atoms with Crippen molar-refractivity contribution in [3.63, 3.8) is 0 Å². The number of rotatable bonds is 5. The molecule has 0 bridgehead atoms. The maximum absolute atomic E-state index is 12.0. The molecule has 0 aliphatic carbocycles. The minimum absolute atomic E-state index is 0. The molecule has 0 saturated carbocycles. The summed E-state index contributed by atoms with van der Waals surface area (Å²) >= 11 is 0. The quantitative estimate of drug-likeness (QED) is 0.0603. The lowest BCUT2D eigenvalue weighted by Crippen LogP contribution is -2.50. The number of nitrogens with zero attached hydrogens (tertiary/aromatic N) is 7. The number of nitrogens with one attached hydrogen (secondary N) is 1. The van der Waals surface area contributed by atoms with Gasteiger partial charge in [0.1, 0.15) is 22.4 Å². The number of carbonyl (C=O) groups excluding carboxylic acids is 4. The van der Waals surface area contributed by atoms with E-state index in [4.69, 9.17) is 24.7 Å². The Morgan fingerprint density at radius 1 is 0.472 bits per heavy atom. The van der Waals surface area contributed by atoms with Gasteiger partial charge in [0.15, 0.2) is 0 Å². The number of nitro groups is 2. The van der Waals surface area contributed by atoms with Gasteiger partial charge >= 0.3 is 24.5 Å². The van der Waals surface area contributed by atoms with Crippen LogP contribution in [-0.2, 0) is 23.7 Å². The first-order valence-corrected chi connectivity index (χ1v) is 23.8. The SMILES string of the molecule is CC(C)(C)OC(=O)N1CCN(c2ccc(N)cc2)CC1.CC(C)(C)OC(=O)N1CCN(c2ccc([N+](=O)[O-])cc2)CC1.CC(C)(C)OC(=O)OC(=O)OC(C)(C)C.O=[N+]([O-])c1ccc(N2CCNCC2)cc1.[HH]. The van der Waals surface area contributed by atoms with Crippen molar-refractivity contribution >= 4 is 58.6 Å². The molecule has 3 fully saturated rings. The molecule has 3 N–H and O–H groups in total. The van der Waals surface area contributed by atoms with Crippen LogP contribution in [0.4, 0.5) is 53.3 Å². The number of amides is 2. The number of hydrogen-bond donors (Lipinski definition) is 2. The van der Waals surface area contributed by atoms with Gasteiger partial charge in [0.2, 0.25) is 0 Å². The standard InChI is InChI=1S/C15H21N3O4.C15H23N3O2.C10H13N3O2.C10H18O5.H2/c1-15(2,3)22-14(19)17-10-8-16(9-11-17)12-4-6-13(7-5-12)18(20)21;1-15(2,3)20-14(19)18-10-8-17(9-11-18)13-6-4-12(16)5-7-13;14-13(15)10-3-1-9(2-4-10)12-7-5-11-6-8-12;1-9(2,3)14-7(11)13-8(12)15-10(4,5)6;/h4-7H,8-11H2,1-3H3;4-7H,8-11,16H2,1-3H3;1-4,11H,5-8H2;1-6H3;1H. The van der Waals surface area contributed by atoms with Crippen LogP contribution in [0.2, 0.25) is 0 Å². The number of benzene rings is 3. The summed E-state index contributed by atoms with van der Waals surface area (Å²) in [6, 6.07) is 21.0. The van der Waals surface area contributed by atoms with Gasteiger partial charge in [-0.25, -0.2) is 19.2 Å². The highest BCUT2D eigenvalue weighted by Gasteiger charge is 2.28. The fourth-order valence-corrected chi connectivity index (χ4v) is 6.74. The Labute approximate surface area is 424 Å². The summed E-state index contributed by atoms with van der Waals surface area (Å²) in [5.74, 6) is 0. The third-order valence-electron chi connectivity index (χ3n) is 10.0. The second-order valence-corrected chi connectivity index (χ2v) is 20.8. The lowest BCUT2D eigenvalue weighted by atomic mass is 10.2. The van der Waals surface area contributed by atoms with Crippen molar-refractivity contribution in [1.29, 1.82) is 0 Å². The number of nitrogens with two attached hydrogens (primary N) is 1. The van der Waals surface area contributed by atoms with Crippen molar-refractivity contribution in [1.82, 2.24) is 15.1 Å². The van der Waals surface area contributed by atoms with Crippen LogP contribution in [0, 0.1) is 20.2 Å². The van der Waals surface area contributed by atoms with Crippen LogP contribution < -0.4 is 25.8 Å². The predicted molar refractivity (Wildman–Crippen MR) is 278 cm³/mol. The Kier molecular flexibility index (Phi) is 21.7. The molecule has 0 aromatic heterocycles. The van der Waals surface area contributed by atoms with E-state index in [-0.39, 0.29) is 29.9 Å². The molecule has 72 heavy (non-hydrogen) atoms. The largest absolute Gasteiger partial charge is 0.519 e. The molecular formula is C50H77N9O13. The highest BCUT2D eigenvalue weighted by molar-refractivity contribution is 5.77. The van der Waals surface area contributed by atoms with Gasteiger partial charge in [-0.15, -0.1) is 0 Å². The first-order chi connectivity index (χ1) is 33.4. The number of nitrogen functional groups attached to an aromatic ring is 1. The molecule has 3 heterocycles. The minimum atomic E-state index is -1.06. The number of anilines is 4. The van der Waals surface area contributed by atoms with E-state index in [1.165, 1.54) is 12.1 Å². The van der Waals surface area contributed by atoms with E-state index in [1.54, 1.807) is 75.6 Å². The van der Waals surface area contributed by atoms with Crippen molar-refractivity contribution < 1.29 is 54.1 Å². The van der Waals surface area contributed by atoms with E-state index < -0.39 is 39.6 Å². The number of carbonyl (C=O) groups is 4. The van der Waals surface area contributed by atoms with Gasteiger partial charge in [-0.3, -0.25) is 20.2 Å². The number of nitro benzene ring substituents is 2. The molecule has 0 atom stereocenters. The highest BCUT2D eigenvalue weighted by atomic mass is 16.8. The highest BCUT2D eigenvalue weighted by Crippen LogP contribution is 2.23. The first-order valence-electron chi connectivity index (χ1n) is 23.8. The van der Waals surface area contributed by atoms with Gasteiger partial charge in [-0.1, -0.05) is 0 Å². The molecule has 3 saturated heterocycles. The topological polar surface area (TPSA) is 255 Å². The van der Waals surface area contributed by atoms with Crippen LogP contribution in [-0.4, -0.2) is 145 Å². The lowest BCUT2D eigenvalue weighted by molar-refractivity contribution is -0.385. The van der Waals surface area contributed by atoms with Gasteiger partial charge in [-0.05, 0) is 132 Å². The summed E-state index contributed by atoms with van der Waals surface area (Å²) < 4.78 is 24.5. The van der Waals surface area contributed by atoms with Crippen LogP contribution in [0.15, 0.2) is 72.8 Å². The first kappa shape index (κ1) is 59.2. The Morgan fingerprint density at radius 3 is 1.03 bits per heavy atom. The van der Waals surface area contributed by atoms with Gasteiger partial charge in [0, 0.05) is 127 Å². The molecule has 0 radical (unpaired) electrons. The molecule has 0 unspecified atom stereocenters. The fraction of sp³-hybridized carbons (Fsp3) is 0.560. The zero-order valence-electron chi connectivity index (χ0n) is 43.9. The van der Waals surface area contributed by atoms with Gasteiger partial charge in [0.25, 0.3) is 11.4 Å². The van der Waals surface area contributed by atoms with E-state index in [0.29, 0.717) is 39.3 Å². The van der Waals surface area contributed by atoms with Crippen molar-refractivity contribution in [3.05, 3.63) is 93.0 Å². The van der Waals surface area contributed by atoms with Gasteiger partial charge in [-0.2, -0.15) is 0 Å². The van der Waals surface area contributed by atoms with Crippen molar-refractivity contribution in [2.24, 2.45) is 0 Å². The molecule has 6 rings (SSSR count). The third kappa shape index (κ3) is 22.8. The van der Waals surface area contributed by atoms with Crippen LogP contribution in [0.25, 0.3) is 0 Å². The average Bonchev–Trinajstić information content (AvgIpc) is 3.28. The molecule has 0 spiro atoms. The second kappa shape index (κ2) is 26.4. The molecule has 3 aromatic carbocycles. The summed E-state index contributed by atoms with van der Waals surface area (Å²) in [7, 11) is 0. The van der Waals surface area contributed by atoms with Crippen molar-refractivity contribution in [2.45, 2.75) is 105 Å². The Bertz CT molecular complexity index is 2200. The summed E-state index contributed by atoms with van der Waals surface area (Å²) in [5, 5.41) is 24.4. The average molecular weight is 1010 g/mol. The predicted octanol–water partition coefficient (Wildman–Crippen LogP) is 9.10. The zero-order chi connectivity index (χ0) is 54.0. The maximum Gasteiger partial charge on any atom is 0.519 e. The Hall–Kier alpha value is -7.10. The Morgan fingerprint density at radius 2 is 0.750 bits per heavy atom. The molecule has 3 aliphatic rings. The number of non-ortho nitro benzene ring substituents is 2. The number of piperazine rings is 3. The summed E-state index contributed by atoms with van der Waals surface area (Å²) in [6.45, 7) is 30.5. The Balaban J connectivity index is 0.000000337. The molecule has 2 amide bonds. The second-order valence-electron chi connectivity index (χ2n) is 20.8. The molecule has 3 aliphatic heterocycles. The summed E-state index contributed by atoms with van der Waals surface area (Å²) in [6.07, 6.45) is -2.64. The van der Waals surface area contributed by atoms with E-state index in [1.807, 2.05) is 77.9 Å². The summed E-state index contributed by atoms with van der Waals surface area (Å²) in [5.41, 5.74) is 7.48. The summed E-state index contributed by atoms with van der Waals surface area (Å²) in [4.78, 5) is 76.3. The van der Waals surface area contributed by atoms with Crippen molar-refractivity contribution in [2.75, 3.05) is 99.0 Å². The third-order valence-corrected chi connectivity index (χ3v) is 10.0. The van der Waals surface area contributed by atoms with Crippen LogP contribution in [0.5, 0.6) is 0 Å². The van der Waals surface area contributed by atoms with E-state index in [2.05, 4.69) is 24.8 Å². The van der Waals surface area contributed by atoms with E-state index >= 15 is 0 Å². The normalized spacial score (nSPS) is 15.1. The van der Waals surface area contributed by atoms with E-state index in [0.717, 1.165) is 62.0 Å². The number of hydrogen-bond acceptors (Lipinski definition) is 18.